The molecule has 9 heteroatoms. The number of hydrogen-bond acceptors (Lipinski definition) is 5. The van der Waals surface area contributed by atoms with Crippen molar-refractivity contribution in [3.63, 3.8) is 0 Å². The number of likely N-dealkylation sites (N-methyl/N-ethyl adjacent to an activating group) is 1. The van der Waals surface area contributed by atoms with Crippen LogP contribution in [0.25, 0.3) is 11.1 Å². The predicted molar refractivity (Wildman–Crippen MR) is 126 cm³/mol. The molecule has 8 nitrogen and oxygen atoms in total. The molecule has 35 heavy (non-hydrogen) atoms. The fourth-order valence-electron chi connectivity index (χ4n) is 5.45. The normalized spacial score (nSPS) is 22.6. The molecular weight excluding hydrogens is 451 g/mol. The zero-order chi connectivity index (χ0) is 24.9. The Morgan fingerprint density at radius 2 is 1.94 bits per heavy atom. The highest BCUT2D eigenvalue weighted by molar-refractivity contribution is 5.97. The summed E-state index contributed by atoms with van der Waals surface area (Å²) in [4.78, 5) is 47.5. The van der Waals surface area contributed by atoms with Gasteiger partial charge in [-0.2, -0.15) is 0 Å². The van der Waals surface area contributed by atoms with Crippen LogP contribution in [-0.2, 0) is 11.3 Å². The molecule has 5 rings (SSSR count). The van der Waals surface area contributed by atoms with Crippen LogP contribution in [0.15, 0.2) is 65.6 Å². The Morgan fingerprint density at radius 3 is 2.60 bits per heavy atom. The number of halogens is 1. The number of nitrogens with zero attached hydrogens (tertiary/aromatic N) is 4. The smallest absolute Gasteiger partial charge is 0.273 e. The summed E-state index contributed by atoms with van der Waals surface area (Å²) in [5.41, 5.74) is 1.26. The van der Waals surface area contributed by atoms with Gasteiger partial charge in [-0.15, -0.1) is 0 Å². The molecule has 0 bridgehead atoms. The second-order valence-corrected chi connectivity index (χ2v) is 9.16. The third-order valence-corrected chi connectivity index (χ3v) is 7.02. The monoisotopic (exact) mass is 476 g/mol. The molecule has 4 heterocycles. The van der Waals surface area contributed by atoms with Crippen molar-refractivity contribution in [3.8, 4) is 11.1 Å². The van der Waals surface area contributed by atoms with Crippen molar-refractivity contribution in [1.29, 1.82) is 0 Å². The number of amides is 2. The quantitative estimate of drug-likeness (QED) is 0.621. The van der Waals surface area contributed by atoms with Crippen LogP contribution in [0.5, 0.6) is 0 Å². The van der Waals surface area contributed by atoms with E-state index in [9.17, 15) is 23.9 Å². The second-order valence-electron chi connectivity index (χ2n) is 9.16. The summed E-state index contributed by atoms with van der Waals surface area (Å²) in [6.45, 7) is -0.0900. The number of carbonyl (C=O) groups excluding carboxylic acids is 2. The molecule has 0 unspecified atom stereocenters. The number of benzene rings is 1. The van der Waals surface area contributed by atoms with Crippen molar-refractivity contribution in [3.05, 3.63) is 88.4 Å². The van der Waals surface area contributed by atoms with Crippen LogP contribution in [0.2, 0.25) is 0 Å². The van der Waals surface area contributed by atoms with E-state index in [-0.39, 0.29) is 36.2 Å². The van der Waals surface area contributed by atoms with Crippen LogP contribution in [0.4, 0.5) is 4.39 Å². The zero-order valence-corrected chi connectivity index (χ0v) is 19.3. The minimum Gasteiger partial charge on any atom is -0.396 e. The first kappa shape index (κ1) is 22.9. The summed E-state index contributed by atoms with van der Waals surface area (Å²) in [7, 11) is 3.22. The minimum absolute atomic E-state index is 0.179. The van der Waals surface area contributed by atoms with E-state index in [4.69, 9.17) is 0 Å². The number of hydrogen-bond donors (Lipinski definition) is 1. The van der Waals surface area contributed by atoms with Crippen molar-refractivity contribution in [2.75, 3.05) is 20.7 Å². The van der Waals surface area contributed by atoms with E-state index in [0.29, 0.717) is 16.8 Å². The summed E-state index contributed by atoms with van der Waals surface area (Å²) in [5, 5.41) is 10.3. The van der Waals surface area contributed by atoms with E-state index in [1.54, 1.807) is 61.1 Å². The molecule has 1 aromatic carbocycles. The molecule has 2 aromatic heterocycles. The SMILES string of the molecule is CN(C)C(=O)[C@H]1[C@H](CO)[C@H]2Cn3c(ccc(-c4cccc(F)c4)c3=O)[C@H]2N1C(=O)c1ccccn1. The van der Waals surface area contributed by atoms with E-state index < -0.39 is 29.7 Å². The van der Waals surface area contributed by atoms with Gasteiger partial charge in [0, 0.05) is 56.5 Å². The number of likely N-dealkylation sites (tertiary alicyclic amines) is 1. The van der Waals surface area contributed by atoms with Gasteiger partial charge in [0.1, 0.15) is 17.6 Å². The van der Waals surface area contributed by atoms with Crippen molar-refractivity contribution < 1.29 is 19.1 Å². The number of rotatable bonds is 4. The predicted octanol–water partition coefficient (Wildman–Crippen LogP) is 1.94. The first-order chi connectivity index (χ1) is 16.8. The van der Waals surface area contributed by atoms with Crippen molar-refractivity contribution in [2.24, 2.45) is 11.8 Å². The molecule has 0 spiro atoms. The van der Waals surface area contributed by atoms with E-state index in [0.717, 1.165) is 0 Å². The van der Waals surface area contributed by atoms with E-state index >= 15 is 0 Å². The first-order valence-electron chi connectivity index (χ1n) is 11.4. The van der Waals surface area contributed by atoms with Crippen molar-refractivity contribution in [2.45, 2.75) is 18.6 Å². The van der Waals surface area contributed by atoms with E-state index in [2.05, 4.69) is 4.98 Å². The lowest BCUT2D eigenvalue weighted by molar-refractivity contribution is -0.134. The average Bonchev–Trinajstić information content (AvgIpc) is 3.38. The molecular formula is C26H25FN4O4. The third-order valence-electron chi connectivity index (χ3n) is 7.02. The third kappa shape index (κ3) is 3.63. The molecule has 1 N–H and O–H groups in total. The molecule has 1 saturated heterocycles. The van der Waals surface area contributed by atoms with Crippen LogP contribution in [0.3, 0.4) is 0 Å². The lowest BCUT2D eigenvalue weighted by atomic mass is 9.88. The second kappa shape index (κ2) is 8.74. The van der Waals surface area contributed by atoms with E-state index in [1.165, 1.54) is 28.1 Å². The summed E-state index contributed by atoms with van der Waals surface area (Å²) < 4.78 is 15.4. The Kier molecular flexibility index (Phi) is 5.72. The zero-order valence-electron chi connectivity index (χ0n) is 19.3. The average molecular weight is 477 g/mol. The molecule has 1 fully saturated rings. The minimum atomic E-state index is -0.897. The topological polar surface area (TPSA) is 95.7 Å². The summed E-state index contributed by atoms with van der Waals surface area (Å²) >= 11 is 0. The first-order valence-corrected chi connectivity index (χ1v) is 11.4. The Bertz CT molecular complexity index is 1360. The Hall–Kier alpha value is -3.85. The van der Waals surface area contributed by atoms with Crippen LogP contribution >= 0.6 is 0 Å². The van der Waals surface area contributed by atoms with Gasteiger partial charge in [0.05, 0.1) is 6.04 Å². The van der Waals surface area contributed by atoms with Gasteiger partial charge in [-0.1, -0.05) is 18.2 Å². The van der Waals surface area contributed by atoms with Gasteiger partial charge < -0.3 is 19.5 Å². The van der Waals surface area contributed by atoms with Gasteiger partial charge in [0.15, 0.2) is 0 Å². The fourth-order valence-corrected chi connectivity index (χ4v) is 5.45. The molecule has 3 aromatic rings. The fraction of sp³-hybridized carbons (Fsp3) is 0.308. The summed E-state index contributed by atoms with van der Waals surface area (Å²) in [6, 6.07) is 12.7. The van der Waals surface area contributed by atoms with Gasteiger partial charge in [-0.3, -0.25) is 19.4 Å². The van der Waals surface area contributed by atoms with E-state index in [1.807, 2.05) is 0 Å². The number of pyridine rings is 2. The Balaban J connectivity index is 1.65. The Labute approximate surface area is 201 Å². The van der Waals surface area contributed by atoms with Crippen LogP contribution < -0.4 is 5.56 Å². The number of aliphatic hydroxyl groups is 1. The lowest BCUT2D eigenvalue weighted by Crippen LogP contribution is -2.50. The lowest BCUT2D eigenvalue weighted by Gasteiger charge is -2.32. The number of aliphatic hydroxyl groups excluding tert-OH is 1. The van der Waals surface area contributed by atoms with Crippen molar-refractivity contribution in [1.82, 2.24) is 19.4 Å². The molecule has 2 aliphatic rings. The van der Waals surface area contributed by atoms with Gasteiger partial charge in [-0.05, 0) is 42.0 Å². The number of carbonyl (C=O) groups is 2. The van der Waals surface area contributed by atoms with Gasteiger partial charge in [0.2, 0.25) is 5.91 Å². The highest BCUT2D eigenvalue weighted by Gasteiger charge is 2.57. The van der Waals surface area contributed by atoms with Crippen LogP contribution in [-0.4, -0.2) is 63.0 Å². The molecule has 4 atom stereocenters. The maximum atomic E-state index is 13.8. The standard InChI is InChI=1S/C26H25FN4O4/c1-29(2)26(35)23-19(14-32)18-13-30-21(22(18)31(23)25(34)20-8-3-4-11-28-20)10-9-17(24(30)33)15-6-5-7-16(27)12-15/h3-12,18-19,22-23,32H,13-14H2,1-2H3/t18-,19-,22+,23-/m1/s1. The maximum absolute atomic E-state index is 13.8. The summed E-state index contributed by atoms with van der Waals surface area (Å²) in [6.07, 6.45) is 1.51. The molecule has 2 amide bonds. The van der Waals surface area contributed by atoms with Gasteiger partial charge in [-0.25, -0.2) is 4.39 Å². The van der Waals surface area contributed by atoms with Crippen LogP contribution in [0.1, 0.15) is 22.2 Å². The molecule has 0 radical (unpaired) electrons. The molecule has 0 saturated carbocycles. The van der Waals surface area contributed by atoms with Gasteiger partial charge in [0.25, 0.3) is 11.5 Å². The number of fused-ring (bicyclic) bond motifs is 3. The molecule has 0 aliphatic carbocycles. The van der Waals surface area contributed by atoms with Gasteiger partial charge >= 0.3 is 0 Å². The highest BCUT2D eigenvalue weighted by Crippen LogP contribution is 2.50. The largest absolute Gasteiger partial charge is 0.396 e. The van der Waals surface area contributed by atoms with Crippen LogP contribution in [0, 0.1) is 17.7 Å². The summed E-state index contributed by atoms with van der Waals surface area (Å²) in [5.74, 6) is -2.10. The molecule has 2 aliphatic heterocycles. The highest BCUT2D eigenvalue weighted by atomic mass is 19.1. The van der Waals surface area contributed by atoms with Crippen molar-refractivity contribution >= 4 is 11.8 Å². The molecule has 180 valence electrons. The number of aromatic nitrogens is 2. The maximum Gasteiger partial charge on any atom is 0.273 e. The Morgan fingerprint density at radius 1 is 1.14 bits per heavy atom.